The molecule has 0 bridgehead atoms. The molecule has 0 unspecified atom stereocenters. The number of aromatic nitrogens is 1. The minimum Gasteiger partial charge on any atom is -0.465 e. The largest absolute Gasteiger partial charge is 0.465 e. The van der Waals surface area contributed by atoms with Crippen molar-refractivity contribution in [2.45, 2.75) is 6.54 Å². The lowest BCUT2D eigenvalue weighted by molar-refractivity contribution is 0.0600. The first-order valence-electron chi connectivity index (χ1n) is 6.55. The monoisotopic (exact) mass is 318 g/mol. The van der Waals surface area contributed by atoms with Gasteiger partial charge in [-0.3, -0.25) is 9.78 Å². The summed E-state index contributed by atoms with van der Waals surface area (Å²) in [5.41, 5.74) is 1.66. The molecule has 1 aromatic carbocycles. The fourth-order valence-electron chi connectivity index (χ4n) is 1.93. The minimum atomic E-state index is -0.390. The van der Waals surface area contributed by atoms with Crippen LogP contribution in [-0.2, 0) is 11.3 Å². The number of nitrogens with zero attached hydrogens (tertiary/aromatic N) is 2. The molecule has 5 nitrogen and oxygen atoms in total. The third-order valence-corrected chi connectivity index (χ3v) is 3.32. The molecule has 0 saturated carbocycles. The van der Waals surface area contributed by atoms with Crippen molar-refractivity contribution in [2.24, 2.45) is 0 Å². The number of pyridine rings is 1. The molecule has 1 heterocycles. The highest BCUT2D eigenvalue weighted by Gasteiger charge is 2.14. The van der Waals surface area contributed by atoms with Crippen LogP contribution in [0.15, 0.2) is 42.6 Å². The van der Waals surface area contributed by atoms with Gasteiger partial charge >= 0.3 is 5.97 Å². The van der Waals surface area contributed by atoms with E-state index in [1.807, 2.05) is 0 Å². The third kappa shape index (κ3) is 3.83. The fourth-order valence-corrected chi connectivity index (χ4v) is 2.09. The molecule has 2 rings (SSSR count). The SMILES string of the molecule is COC(=O)c1ccc(CN(C)C(=O)c2cc(Cl)ccn2)cc1. The van der Waals surface area contributed by atoms with Crippen LogP contribution in [-0.4, -0.2) is 35.9 Å². The summed E-state index contributed by atoms with van der Waals surface area (Å²) in [6, 6.07) is 10.0. The van der Waals surface area contributed by atoms with Crippen molar-refractivity contribution in [3.63, 3.8) is 0 Å². The van der Waals surface area contributed by atoms with Gasteiger partial charge in [0.25, 0.3) is 5.91 Å². The Morgan fingerprint density at radius 1 is 1.23 bits per heavy atom. The highest BCUT2D eigenvalue weighted by atomic mass is 35.5. The molecule has 0 aliphatic rings. The van der Waals surface area contributed by atoms with Crippen molar-refractivity contribution < 1.29 is 14.3 Å². The number of hydrogen-bond donors (Lipinski definition) is 0. The maximum atomic E-state index is 12.3. The Kier molecular flexibility index (Phi) is 5.12. The zero-order valence-electron chi connectivity index (χ0n) is 12.2. The van der Waals surface area contributed by atoms with Gasteiger partial charge in [0, 0.05) is 24.8 Å². The molecule has 0 atom stereocenters. The average Bonchev–Trinajstić information content (AvgIpc) is 2.54. The standard InChI is InChI=1S/C16H15ClN2O3/c1-19(15(20)14-9-13(17)7-8-18-14)10-11-3-5-12(6-4-11)16(21)22-2/h3-9H,10H2,1-2H3. The molecule has 0 fully saturated rings. The van der Waals surface area contributed by atoms with Crippen LogP contribution in [0, 0.1) is 0 Å². The van der Waals surface area contributed by atoms with Crippen LogP contribution < -0.4 is 0 Å². The number of amides is 1. The first-order valence-corrected chi connectivity index (χ1v) is 6.93. The van der Waals surface area contributed by atoms with E-state index in [-0.39, 0.29) is 11.9 Å². The molecular formula is C16H15ClN2O3. The van der Waals surface area contributed by atoms with Crippen molar-refractivity contribution in [1.82, 2.24) is 9.88 Å². The third-order valence-electron chi connectivity index (χ3n) is 3.08. The summed E-state index contributed by atoms with van der Waals surface area (Å²) >= 11 is 5.86. The summed E-state index contributed by atoms with van der Waals surface area (Å²) in [6.45, 7) is 0.397. The molecule has 2 aromatic rings. The summed E-state index contributed by atoms with van der Waals surface area (Å²) in [5.74, 6) is -0.612. The molecule has 6 heteroatoms. The Morgan fingerprint density at radius 2 is 1.91 bits per heavy atom. The second-order valence-corrected chi connectivity index (χ2v) is 5.15. The minimum absolute atomic E-state index is 0.223. The zero-order chi connectivity index (χ0) is 16.1. The van der Waals surface area contributed by atoms with E-state index >= 15 is 0 Å². The van der Waals surface area contributed by atoms with Crippen LogP contribution in [0.4, 0.5) is 0 Å². The van der Waals surface area contributed by atoms with Gasteiger partial charge in [-0.1, -0.05) is 23.7 Å². The number of hydrogen-bond acceptors (Lipinski definition) is 4. The van der Waals surface area contributed by atoms with Gasteiger partial charge in [-0.05, 0) is 29.8 Å². The van der Waals surface area contributed by atoms with Crippen molar-refractivity contribution in [2.75, 3.05) is 14.2 Å². The number of benzene rings is 1. The van der Waals surface area contributed by atoms with Gasteiger partial charge in [-0.25, -0.2) is 4.79 Å². The Bertz CT molecular complexity index is 686. The Labute approximate surface area is 133 Å². The van der Waals surface area contributed by atoms with Crippen LogP contribution in [0.1, 0.15) is 26.4 Å². The number of carbonyl (C=O) groups excluding carboxylic acids is 2. The molecule has 1 aromatic heterocycles. The van der Waals surface area contributed by atoms with E-state index in [9.17, 15) is 9.59 Å². The van der Waals surface area contributed by atoms with E-state index in [2.05, 4.69) is 9.72 Å². The molecule has 0 aliphatic heterocycles. The lowest BCUT2D eigenvalue weighted by atomic mass is 10.1. The van der Waals surface area contributed by atoms with Gasteiger partial charge in [0.05, 0.1) is 12.7 Å². The predicted octanol–water partition coefficient (Wildman–Crippen LogP) is 2.79. The number of methoxy groups -OCH3 is 1. The van der Waals surface area contributed by atoms with Gasteiger partial charge in [0.1, 0.15) is 5.69 Å². The summed E-state index contributed by atoms with van der Waals surface area (Å²) in [6.07, 6.45) is 1.49. The molecular weight excluding hydrogens is 304 g/mol. The molecule has 0 radical (unpaired) electrons. The quantitative estimate of drug-likeness (QED) is 0.813. The molecule has 0 saturated heterocycles. The van der Waals surface area contributed by atoms with Gasteiger partial charge in [0.15, 0.2) is 0 Å². The lowest BCUT2D eigenvalue weighted by Gasteiger charge is -2.17. The number of ether oxygens (including phenoxy) is 1. The molecule has 0 aliphatic carbocycles. The predicted molar refractivity (Wildman–Crippen MR) is 82.8 cm³/mol. The van der Waals surface area contributed by atoms with E-state index in [0.29, 0.717) is 22.8 Å². The first kappa shape index (κ1) is 16.0. The molecule has 1 amide bonds. The Morgan fingerprint density at radius 3 is 2.50 bits per heavy atom. The Hall–Kier alpha value is -2.40. The number of rotatable bonds is 4. The van der Waals surface area contributed by atoms with Crippen molar-refractivity contribution >= 4 is 23.5 Å². The van der Waals surface area contributed by atoms with Crippen LogP contribution >= 0.6 is 11.6 Å². The first-order chi connectivity index (χ1) is 10.5. The number of halogens is 1. The van der Waals surface area contributed by atoms with Gasteiger partial charge in [-0.2, -0.15) is 0 Å². The highest BCUT2D eigenvalue weighted by molar-refractivity contribution is 6.30. The zero-order valence-corrected chi connectivity index (χ0v) is 13.0. The molecule has 0 spiro atoms. The second-order valence-electron chi connectivity index (χ2n) is 4.71. The fraction of sp³-hybridized carbons (Fsp3) is 0.188. The van der Waals surface area contributed by atoms with E-state index in [1.54, 1.807) is 37.4 Å². The summed E-state index contributed by atoms with van der Waals surface area (Å²) in [5, 5.41) is 0.467. The van der Waals surface area contributed by atoms with E-state index in [4.69, 9.17) is 11.6 Å². The highest BCUT2D eigenvalue weighted by Crippen LogP contribution is 2.12. The maximum absolute atomic E-state index is 12.3. The summed E-state index contributed by atoms with van der Waals surface area (Å²) in [7, 11) is 3.01. The van der Waals surface area contributed by atoms with Gasteiger partial charge < -0.3 is 9.64 Å². The van der Waals surface area contributed by atoms with Gasteiger partial charge in [-0.15, -0.1) is 0 Å². The summed E-state index contributed by atoms with van der Waals surface area (Å²) < 4.78 is 4.64. The molecule has 114 valence electrons. The van der Waals surface area contributed by atoms with E-state index in [1.165, 1.54) is 24.3 Å². The van der Waals surface area contributed by atoms with Crippen LogP contribution in [0.5, 0.6) is 0 Å². The maximum Gasteiger partial charge on any atom is 0.337 e. The summed E-state index contributed by atoms with van der Waals surface area (Å²) in [4.78, 5) is 29.2. The van der Waals surface area contributed by atoms with E-state index in [0.717, 1.165) is 5.56 Å². The van der Waals surface area contributed by atoms with Crippen molar-refractivity contribution in [3.05, 3.63) is 64.4 Å². The molecule has 0 N–H and O–H groups in total. The van der Waals surface area contributed by atoms with Crippen molar-refractivity contribution in [1.29, 1.82) is 0 Å². The van der Waals surface area contributed by atoms with Crippen molar-refractivity contribution in [3.8, 4) is 0 Å². The number of esters is 1. The van der Waals surface area contributed by atoms with E-state index < -0.39 is 0 Å². The lowest BCUT2D eigenvalue weighted by Crippen LogP contribution is -2.27. The smallest absolute Gasteiger partial charge is 0.337 e. The molecule has 22 heavy (non-hydrogen) atoms. The number of carbonyl (C=O) groups is 2. The Balaban J connectivity index is 2.06. The normalized spacial score (nSPS) is 10.1. The average molecular weight is 319 g/mol. The second kappa shape index (κ2) is 7.04. The van der Waals surface area contributed by atoms with Crippen LogP contribution in [0.25, 0.3) is 0 Å². The topological polar surface area (TPSA) is 59.5 Å². The van der Waals surface area contributed by atoms with Crippen LogP contribution in [0.3, 0.4) is 0 Å². The van der Waals surface area contributed by atoms with Gasteiger partial charge in [0.2, 0.25) is 0 Å². The van der Waals surface area contributed by atoms with Crippen LogP contribution in [0.2, 0.25) is 5.02 Å².